The van der Waals surface area contributed by atoms with Crippen LogP contribution in [0.2, 0.25) is 0 Å². The maximum absolute atomic E-state index is 12.5. The Balaban J connectivity index is 2.40. The SMILES string of the molecule is COc1ccc(S(=O)(=O)N2CCCC2C(=O)O)cc1Br. The largest absolute Gasteiger partial charge is 0.496 e. The molecule has 1 aliphatic heterocycles. The van der Waals surface area contributed by atoms with Crippen molar-refractivity contribution < 1.29 is 23.1 Å². The molecule has 0 amide bonds. The summed E-state index contributed by atoms with van der Waals surface area (Å²) >= 11 is 3.23. The van der Waals surface area contributed by atoms with Crippen molar-refractivity contribution in [2.75, 3.05) is 13.7 Å². The summed E-state index contributed by atoms with van der Waals surface area (Å²) in [6.45, 7) is 0.225. The number of rotatable bonds is 4. The van der Waals surface area contributed by atoms with Gasteiger partial charge in [0.1, 0.15) is 11.8 Å². The summed E-state index contributed by atoms with van der Waals surface area (Å²) in [5, 5.41) is 9.10. The third kappa shape index (κ3) is 2.68. The number of carbonyl (C=O) groups is 1. The van der Waals surface area contributed by atoms with Crippen LogP contribution in [0.1, 0.15) is 12.8 Å². The van der Waals surface area contributed by atoms with Crippen molar-refractivity contribution >= 4 is 31.9 Å². The van der Waals surface area contributed by atoms with Gasteiger partial charge in [0.2, 0.25) is 10.0 Å². The number of hydrogen-bond acceptors (Lipinski definition) is 4. The molecule has 0 saturated carbocycles. The minimum Gasteiger partial charge on any atom is -0.496 e. The maximum Gasteiger partial charge on any atom is 0.322 e. The summed E-state index contributed by atoms with van der Waals surface area (Å²) in [5.41, 5.74) is 0. The van der Waals surface area contributed by atoms with Gasteiger partial charge in [-0.25, -0.2) is 8.42 Å². The average Bonchev–Trinajstić information content (AvgIpc) is 2.88. The van der Waals surface area contributed by atoms with Gasteiger partial charge in [0.15, 0.2) is 0 Å². The van der Waals surface area contributed by atoms with Crippen LogP contribution in [0, 0.1) is 0 Å². The van der Waals surface area contributed by atoms with Gasteiger partial charge in [0, 0.05) is 6.54 Å². The van der Waals surface area contributed by atoms with Gasteiger partial charge in [-0.2, -0.15) is 4.31 Å². The van der Waals surface area contributed by atoms with E-state index in [4.69, 9.17) is 9.84 Å². The number of hydrogen-bond donors (Lipinski definition) is 1. The third-order valence-electron chi connectivity index (χ3n) is 3.22. The molecule has 8 heteroatoms. The minimum atomic E-state index is -3.81. The number of aliphatic carboxylic acids is 1. The predicted octanol–water partition coefficient (Wildman–Crippen LogP) is 1.70. The number of benzene rings is 1. The summed E-state index contributed by atoms with van der Waals surface area (Å²) in [7, 11) is -2.33. The second-order valence-corrected chi connectivity index (χ2v) is 7.15. The summed E-state index contributed by atoms with van der Waals surface area (Å²) in [6.07, 6.45) is 0.888. The van der Waals surface area contributed by atoms with Crippen LogP contribution >= 0.6 is 15.9 Å². The summed E-state index contributed by atoms with van der Waals surface area (Å²) in [5.74, 6) is -0.598. The number of nitrogens with zero attached hydrogens (tertiary/aromatic N) is 1. The van der Waals surface area contributed by atoms with Crippen LogP contribution < -0.4 is 4.74 Å². The number of methoxy groups -OCH3 is 1. The molecule has 1 saturated heterocycles. The average molecular weight is 364 g/mol. The van der Waals surface area contributed by atoms with Crippen LogP contribution in [0.5, 0.6) is 5.75 Å². The van der Waals surface area contributed by atoms with Crippen molar-refractivity contribution in [3.63, 3.8) is 0 Å². The fraction of sp³-hybridized carbons (Fsp3) is 0.417. The highest BCUT2D eigenvalue weighted by atomic mass is 79.9. The number of carboxylic acids is 1. The molecule has 1 fully saturated rings. The Labute approximate surface area is 125 Å². The lowest BCUT2D eigenvalue weighted by Crippen LogP contribution is -2.40. The number of halogens is 1. The molecule has 110 valence electrons. The number of sulfonamides is 1. The van der Waals surface area contributed by atoms with E-state index in [1.807, 2.05) is 0 Å². The molecule has 1 N–H and O–H groups in total. The van der Waals surface area contributed by atoms with Crippen molar-refractivity contribution in [1.82, 2.24) is 4.31 Å². The first-order valence-corrected chi connectivity index (χ1v) is 8.19. The summed E-state index contributed by atoms with van der Waals surface area (Å²) in [6, 6.07) is 3.38. The van der Waals surface area contributed by atoms with E-state index in [2.05, 4.69) is 15.9 Å². The Morgan fingerprint density at radius 1 is 1.50 bits per heavy atom. The Morgan fingerprint density at radius 2 is 2.20 bits per heavy atom. The first-order valence-electron chi connectivity index (χ1n) is 5.96. The van der Waals surface area contributed by atoms with Crippen LogP contribution in [0.4, 0.5) is 0 Å². The molecule has 1 unspecified atom stereocenters. The molecule has 1 atom stereocenters. The highest BCUT2D eigenvalue weighted by Gasteiger charge is 2.39. The minimum absolute atomic E-state index is 0.0540. The fourth-order valence-electron chi connectivity index (χ4n) is 2.22. The lowest BCUT2D eigenvalue weighted by molar-refractivity contribution is -0.140. The zero-order valence-corrected chi connectivity index (χ0v) is 13.1. The molecule has 0 spiro atoms. The molecule has 0 bridgehead atoms. The van der Waals surface area contributed by atoms with Crippen molar-refractivity contribution in [2.24, 2.45) is 0 Å². The van der Waals surface area contributed by atoms with E-state index < -0.39 is 22.0 Å². The van der Waals surface area contributed by atoms with Crippen molar-refractivity contribution in [2.45, 2.75) is 23.8 Å². The molecule has 6 nitrogen and oxygen atoms in total. The molecule has 1 aromatic rings. The lowest BCUT2D eigenvalue weighted by atomic mass is 10.2. The zero-order valence-electron chi connectivity index (χ0n) is 10.7. The Hall–Kier alpha value is -1.12. The topological polar surface area (TPSA) is 83.9 Å². The maximum atomic E-state index is 12.5. The van der Waals surface area contributed by atoms with Crippen LogP contribution in [0.3, 0.4) is 0 Å². The molecule has 1 heterocycles. The summed E-state index contributed by atoms with van der Waals surface area (Å²) in [4.78, 5) is 11.2. The molecule has 20 heavy (non-hydrogen) atoms. The van der Waals surface area contributed by atoms with E-state index in [0.29, 0.717) is 23.1 Å². The molecule has 2 rings (SSSR count). The van der Waals surface area contributed by atoms with E-state index in [1.54, 1.807) is 0 Å². The van der Waals surface area contributed by atoms with Gasteiger partial charge >= 0.3 is 5.97 Å². The highest BCUT2D eigenvalue weighted by molar-refractivity contribution is 9.10. The molecular weight excluding hydrogens is 350 g/mol. The normalized spacial score (nSPS) is 20.0. The predicted molar refractivity (Wildman–Crippen MR) is 75.2 cm³/mol. The van der Waals surface area contributed by atoms with Crippen molar-refractivity contribution in [3.05, 3.63) is 22.7 Å². The van der Waals surface area contributed by atoms with Crippen molar-refractivity contribution in [1.29, 1.82) is 0 Å². The van der Waals surface area contributed by atoms with E-state index in [-0.39, 0.29) is 11.4 Å². The highest BCUT2D eigenvalue weighted by Crippen LogP contribution is 2.31. The Kier molecular flexibility index (Phi) is 4.36. The fourth-order valence-corrected chi connectivity index (χ4v) is 4.59. The van der Waals surface area contributed by atoms with Gasteiger partial charge in [-0.3, -0.25) is 4.79 Å². The van der Waals surface area contributed by atoms with Gasteiger partial charge in [0.25, 0.3) is 0 Å². The van der Waals surface area contributed by atoms with Crippen LogP contribution in [0.25, 0.3) is 0 Å². The molecule has 1 aliphatic rings. The quantitative estimate of drug-likeness (QED) is 0.879. The van der Waals surface area contributed by atoms with E-state index in [9.17, 15) is 13.2 Å². The first kappa shape index (κ1) is 15.3. The number of ether oxygens (including phenoxy) is 1. The van der Waals surface area contributed by atoms with E-state index in [0.717, 1.165) is 4.31 Å². The molecule has 0 radical (unpaired) electrons. The Bertz CT molecular complexity index is 631. The first-order chi connectivity index (χ1) is 9.37. The van der Waals surface area contributed by atoms with E-state index in [1.165, 1.54) is 25.3 Å². The van der Waals surface area contributed by atoms with Gasteiger partial charge in [-0.15, -0.1) is 0 Å². The monoisotopic (exact) mass is 363 g/mol. The standard InChI is InChI=1S/C12H14BrNO5S/c1-19-11-5-4-8(7-9(11)13)20(17,18)14-6-2-3-10(14)12(15)16/h4-5,7,10H,2-3,6H2,1H3,(H,15,16). The second-order valence-electron chi connectivity index (χ2n) is 4.41. The van der Waals surface area contributed by atoms with Gasteiger partial charge < -0.3 is 9.84 Å². The molecular formula is C12H14BrNO5S. The lowest BCUT2D eigenvalue weighted by Gasteiger charge is -2.21. The van der Waals surface area contributed by atoms with Crippen LogP contribution in [-0.4, -0.2) is 43.5 Å². The second kappa shape index (κ2) is 5.71. The van der Waals surface area contributed by atoms with Crippen molar-refractivity contribution in [3.8, 4) is 5.75 Å². The Morgan fingerprint density at radius 3 is 2.75 bits per heavy atom. The molecule has 0 aliphatic carbocycles. The zero-order chi connectivity index (χ0) is 14.9. The van der Waals surface area contributed by atoms with E-state index >= 15 is 0 Å². The summed E-state index contributed by atoms with van der Waals surface area (Å²) < 4.78 is 31.6. The molecule has 1 aromatic carbocycles. The van der Waals surface area contributed by atoms with Gasteiger partial charge in [0.05, 0.1) is 16.5 Å². The third-order valence-corrected chi connectivity index (χ3v) is 5.74. The number of carboxylic acid groups (broad SMARTS) is 1. The van der Waals surface area contributed by atoms with Crippen LogP contribution in [-0.2, 0) is 14.8 Å². The van der Waals surface area contributed by atoms with Crippen LogP contribution in [0.15, 0.2) is 27.6 Å². The van der Waals surface area contributed by atoms with Gasteiger partial charge in [-0.05, 0) is 47.0 Å². The molecule has 0 aromatic heterocycles. The smallest absolute Gasteiger partial charge is 0.322 e. The van der Waals surface area contributed by atoms with Gasteiger partial charge in [-0.1, -0.05) is 0 Å².